The van der Waals surface area contributed by atoms with Crippen LogP contribution in [0.25, 0.3) is 0 Å². The molecule has 2 aromatic rings. The zero-order chi connectivity index (χ0) is 23.2. The highest BCUT2D eigenvalue weighted by atomic mass is 35.5. The first kappa shape index (κ1) is 23.3. The van der Waals surface area contributed by atoms with Gasteiger partial charge in [-0.05, 0) is 74.2 Å². The van der Waals surface area contributed by atoms with E-state index in [0.29, 0.717) is 54.3 Å². The van der Waals surface area contributed by atoms with Crippen LogP contribution >= 0.6 is 11.6 Å². The van der Waals surface area contributed by atoms with Crippen molar-refractivity contribution in [3.63, 3.8) is 0 Å². The predicted octanol–water partition coefficient (Wildman–Crippen LogP) is 3.74. The number of amides is 3. The van der Waals surface area contributed by atoms with Gasteiger partial charge >= 0.3 is 0 Å². The fourth-order valence-electron chi connectivity index (χ4n) is 4.19. The molecule has 0 aliphatic carbocycles. The Labute approximate surface area is 198 Å². The summed E-state index contributed by atoms with van der Waals surface area (Å²) in [5.41, 5.74) is 1.66. The molecule has 4 rings (SSSR count). The highest BCUT2D eigenvalue weighted by Gasteiger charge is 2.28. The second-order valence-electron chi connectivity index (χ2n) is 8.49. The van der Waals surface area contributed by atoms with Crippen molar-refractivity contribution in [3.05, 3.63) is 64.7 Å². The molecule has 0 saturated carbocycles. The normalized spacial score (nSPS) is 18.7. The summed E-state index contributed by atoms with van der Waals surface area (Å²) in [4.78, 5) is 39.4. The largest absolute Gasteiger partial charge is 0.376 e. The minimum atomic E-state index is -0.245. The van der Waals surface area contributed by atoms with Gasteiger partial charge in [-0.3, -0.25) is 14.4 Å². The molecule has 1 atom stereocenters. The monoisotopic (exact) mass is 469 g/mol. The zero-order valence-electron chi connectivity index (χ0n) is 18.4. The van der Waals surface area contributed by atoms with E-state index in [2.05, 4.69) is 10.6 Å². The Hall–Kier alpha value is -2.90. The van der Waals surface area contributed by atoms with Crippen LogP contribution in [0, 0.1) is 5.92 Å². The lowest BCUT2D eigenvalue weighted by Crippen LogP contribution is -2.44. The van der Waals surface area contributed by atoms with Gasteiger partial charge in [0.15, 0.2) is 0 Å². The van der Waals surface area contributed by atoms with E-state index in [1.54, 1.807) is 53.4 Å². The molecule has 0 unspecified atom stereocenters. The van der Waals surface area contributed by atoms with Crippen molar-refractivity contribution < 1.29 is 19.1 Å². The number of likely N-dealkylation sites (tertiary alicyclic amines) is 1. The smallest absolute Gasteiger partial charge is 0.255 e. The Balaban J connectivity index is 1.25. The number of carbonyl (C=O) groups excluding carboxylic acids is 3. The van der Waals surface area contributed by atoms with Crippen LogP contribution in [0.5, 0.6) is 0 Å². The molecule has 8 heteroatoms. The molecule has 2 heterocycles. The Bertz CT molecular complexity index is 980. The maximum atomic E-state index is 12.9. The second-order valence-corrected chi connectivity index (χ2v) is 8.92. The summed E-state index contributed by atoms with van der Waals surface area (Å²) in [6.07, 6.45) is 3.49. The number of anilines is 1. The highest BCUT2D eigenvalue weighted by molar-refractivity contribution is 6.30. The molecule has 2 fully saturated rings. The van der Waals surface area contributed by atoms with Gasteiger partial charge < -0.3 is 20.3 Å². The summed E-state index contributed by atoms with van der Waals surface area (Å²) < 4.78 is 5.55. The average Bonchev–Trinajstić information content (AvgIpc) is 3.37. The molecule has 3 amide bonds. The quantitative estimate of drug-likeness (QED) is 0.674. The molecule has 33 heavy (non-hydrogen) atoms. The third-order valence-corrected chi connectivity index (χ3v) is 6.43. The van der Waals surface area contributed by atoms with E-state index in [-0.39, 0.29) is 29.7 Å². The van der Waals surface area contributed by atoms with Crippen molar-refractivity contribution in [1.29, 1.82) is 0 Å². The van der Waals surface area contributed by atoms with Crippen LogP contribution in [-0.4, -0.2) is 55.0 Å². The number of nitrogens with zero attached hydrogens (tertiary/aromatic N) is 1. The lowest BCUT2D eigenvalue weighted by atomic mass is 9.95. The third-order valence-electron chi connectivity index (χ3n) is 6.18. The standard InChI is InChI=1S/C25H28ClN3O4/c26-20-7-3-17(4-8-20)24(31)28-21-9-5-19(6-10-21)25(32)29-13-11-18(12-14-29)23(30)27-16-22-2-1-15-33-22/h3-10,18,22H,1-2,11-16H2,(H,27,30)(H,28,31)/t22-/m0/s1. The summed E-state index contributed by atoms with van der Waals surface area (Å²) in [6.45, 7) is 2.44. The molecular weight excluding hydrogens is 442 g/mol. The lowest BCUT2D eigenvalue weighted by molar-refractivity contribution is -0.126. The third kappa shape index (κ3) is 6.12. The second kappa shape index (κ2) is 10.8. The molecule has 7 nitrogen and oxygen atoms in total. The molecule has 2 N–H and O–H groups in total. The maximum absolute atomic E-state index is 12.9. The van der Waals surface area contributed by atoms with E-state index < -0.39 is 0 Å². The van der Waals surface area contributed by atoms with Crippen LogP contribution in [0.3, 0.4) is 0 Å². The number of rotatable bonds is 6. The topological polar surface area (TPSA) is 87.7 Å². The van der Waals surface area contributed by atoms with Crippen LogP contribution in [0.2, 0.25) is 5.02 Å². The summed E-state index contributed by atoms with van der Waals surface area (Å²) in [5.74, 6) is -0.325. The van der Waals surface area contributed by atoms with Gasteiger partial charge in [0.1, 0.15) is 0 Å². The Morgan fingerprint density at radius 1 is 0.939 bits per heavy atom. The number of piperidine rings is 1. The molecule has 0 bridgehead atoms. The van der Waals surface area contributed by atoms with Gasteiger partial charge in [0.05, 0.1) is 6.10 Å². The van der Waals surface area contributed by atoms with Gasteiger partial charge in [0.25, 0.3) is 11.8 Å². The maximum Gasteiger partial charge on any atom is 0.255 e. The van der Waals surface area contributed by atoms with Crippen molar-refractivity contribution in [3.8, 4) is 0 Å². The van der Waals surface area contributed by atoms with Crippen molar-refractivity contribution in [2.45, 2.75) is 31.8 Å². The number of hydrogen-bond acceptors (Lipinski definition) is 4. The SMILES string of the molecule is O=C(Nc1ccc(C(=O)N2CCC(C(=O)NC[C@@H]3CCCO3)CC2)cc1)c1ccc(Cl)cc1. The fraction of sp³-hybridized carbons (Fsp3) is 0.400. The Morgan fingerprint density at radius 3 is 2.24 bits per heavy atom. The van der Waals surface area contributed by atoms with E-state index in [1.165, 1.54) is 0 Å². The number of carbonyl (C=O) groups is 3. The van der Waals surface area contributed by atoms with Crippen LogP contribution in [0.4, 0.5) is 5.69 Å². The van der Waals surface area contributed by atoms with Gasteiger partial charge in [-0.1, -0.05) is 11.6 Å². The summed E-state index contributed by atoms with van der Waals surface area (Å²) in [5, 5.41) is 6.38. The van der Waals surface area contributed by atoms with Crippen LogP contribution < -0.4 is 10.6 Å². The molecule has 0 radical (unpaired) electrons. The van der Waals surface area contributed by atoms with Crippen LogP contribution in [-0.2, 0) is 9.53 Å². The molecular formula is C25H28ClN3O4. The van der Waals surface area contributed by atoms with Gasteiger partial charge in [-0.2, -0.15) is 0 Å². The van der Waals surface area contributed by atoms with Crippen LogP contribution in [0.1, 0.15) is 46.4 Å². The van der Waals surface area contributed by atoms with E-state index in [9.17, 15) is 14.4 Å². The minimum absolute atomic E-state index is 0.0541. The molecule has 2 aliphatic heterocycles. The van der Waals surface area contributed by atoms with Gasteiger partial charge in [-0.25, -0.2) is 0 Å². The van der Waals surface area contributed by atoms with E-state index >= 15 is 0 Å². The van der Waals surface area contributed by atoms with E-state index in [1.807, 2.05) is 0 Å². The number of halogens is 1. The molecule has 2 aliphatic rings. The molecule has 2 saturated heterocycles. The van der Waals surface area contributed by atoms with Crippen molar-refractivity contribution in [1.82, 2.24) is 10.2 Å². The first-order chi connectivity index (χ1) is 16.0. The number of benzene rings is 2. The number of ether oxygens (including phenoxy) is 1. The fourth-order valence-corrected chi connectivity index (χ4v) is 4.32. The Kier molecular flexibility index (Phi) is 7.62. The van der Waals surface area contributed by atoms with Gasteiger partial charge in [0.2, 0.25) is 5.91 Å². The van der Waals surface area contributed by atoms with Crippen LogP contribution in [0.15, 0.2) is 48.5 Å². The molecule has 0 spiro atoms. The first-order valence-corrected chi connectivity index (χ1v) is 11.7. The van der Waals surface area contributed by atoms with E-state index in [0.717, 1.165) is 19.4 Å². The summed E-state index contributed by atoms with van der Waals surface area (Å²) in [6, 6.07) is 13.5. The summed E-state index contributed by atoms with van der Waals surface area (Å²) >= 11 is 5.86. The van der Waals surface area contributed by atoms with Gasteiger partial charge in [-0.15, -0.1) is 0 Å². The van der Waals surface area contributed by atoms with Crippen molar-refractivity contribution in [2.75, 3.05) is 31.6 Å². The summed E-state index contributed by atoms with van der Waals surface area (Å²) in [7, 11) is 0. The number of nitrogens with one attached hydrogen (secondary N) is 2. The Morgan fingerprint density at radius 2 is 1.61 bits per heavy atom. The highest BCUT2D eigenvalue weighted by Crippen LogP contribution is 2.21. The average molecular weight is 470 g/mol. The number of hydrogen-bond donors (Lipinski definition) is 2. The van der Waals surface area contributed by atoms with Crippen molar-refractivity contribution >= 4 is 35.0 Å². The molecule has 2 aromatic carbocycles. The van der Waals surface area contributed by atoms with E-state index in [4.69, 9.17) is 16.3 Å². The minimum Gasteiger partial charge on any atom is -0.376 e. The molecule has 174 valence electrons. The first-order valence-electron chi connectivity index (χ1n) is 11.3. The zero-order valence-corrected chi connectivity index (χ0v) is 19.1. The van der Waals surface area contributed by atoms with Gasteiger partial charge in [0, 0.05) is 54.0 Å². The lowest BCUT2D eigenvalue weighted by Gasteiger charge is -2.31. The molecule has 0 aromatic heterocycles. The van der Waals surface area contributed by atoms with Crippen molar-refractivity contribution in [2.24, 2.45) is 5.92 Å². The predicted molar refractivity (Wildman–Crippen MR) is 126 cm³/mol.